The third kappa shape index (κ3) is 4.86. The third-order valence-corrected chi connectivity index (χ3v) is 7.18. The lowest BCUT2D eigenvalue weighted by atomic mass is 10.2. The van der Waals surface area contributed by atoms with Gasteiger partial charge in [0.1, 0.15) is 5.56 Å². The molecule has 0 fully saturated rings. The van der Waals surface area contributed by atoms with Gasteiger partial charge in [0.05, 0.1) is 4.21 Å². The van der Waals surface area contributed by atoms with Gasteiger partial charge < -0.3 is 5.32 Å². The molecule has 140 valence electrons. The zero-order valence-electron chi connectivity index (χ0n) is 15.0. The molecule has 0 saturated heterocycles. The summed E-state index contributed by atoms with van der Waals surface area (Å²) in [7, 11) is 0. The number of amides is 1. The fourth-order valence-corrected chi connectivity index (χ4v) is 5.49. The molecule has 0 aliphatic rings. The van der Waals surface area contributed by atoms with Gasteiger partial charge in [0.2, 0.25) is 0 Å². The number of benzene rings is 2. The predicted octanol–water partition coefficient (Wildman–Crippen LogP) is 4.94. The first kappa shape index (κ1) is 19.8. The minimum atomic E-state index is -0.337. The smallest absolute Gasteiger partial charge is 0.272 e. The number of hydrogen-bond acceptors (Lipinski definition) is 5. The van der Waals surface area contributed by atoms with Crippen molar-refractivity contribution in [1.82, 2.24) is 9.69 Å². The number of carbonyl (C=O) groups is 1. The van der Waals surface area contributed by atoms with Crippen molar-refractivity contribution in [2.24, 2.45) is 0 Å². The maximum Gasteiger partial charge on any atom is 0.272 e. The maximum atomic E-state index is 12.7. The molecule has 27 heavy (non-hydrogen) atoms. The van der Waals surface area contributed by atoms with Gasteiger partial charge in [-0.15, -0.1) is 23.5 Å². The summed E-state index contributed by atoms with van der Waals surface area (Å²) < 4.78 is 3.41. The molecule has 0 bridgehead atoms. The molecule has 3 rings (SSSR count). The number of aromatic amines is 1. The molecule has 2 aromatic carbocycles. The van der Waals surface area contributed by atoms with Crippen LogP contribution in [-0.4, -0.2) is 16.5 Å². The molecule has 1 heterocycles. The van der Waals surface area contributed by atoms with Crippen LogP contribution in [-0.2, 0) is 6.54 Å². The fraction of sp³-hybridized carbons (Fsp3) is 0.200. The van der Waals surface area contributed by atoms with Crippen molar-refractivity contribution in [2.45, 2.75) is 27.8 Å². The van der Waals surface area contributed by atoms with Gasteiger partial charge in [-0.3, -0.25) is 14.0 Å². The van der Waals surface area contributed by atoms with Crippen molar-refractivity contribution in [3.05, 3.63) is 81.6 Å². The molecule has 1 aromatic heterocycles. The van der Waals surface area contributed by atoms with Crippen LogP contribution in [0.4, 0.5) is 0 Å². The van der Waals surface area contributed by atoms with Gasteiger partial charge in [0.15, 0.2) is 0 Å². The van der Waals surface area contributed by atoms with Crippen LogP contribution in [0.5, 0.6) is 0 Å². The van der Waals surface area contributed by atoms with Crippen LogP contribution in [0.25, 0.3) is 0 Å². The Morgan fingerprint density at radius 3 is 2.59 bits per heavy atom. The van der Waals surface area contributed by atoms with E-state index in [1.54, 1.807) is 11.8 Å². The molecule has 0 saturated carbocycles. The fourth-order valence-electron chi connectivity index (χ4n) is 2.63. The normalized spacial score (nSPS) is 11.9. The molecule has 3 aromatic rings. The van der Waals surface area contributed by atoms with E-state index >= 15 is 0 Å². The first-order valence-corrected chi connectivity index (χ1v) is 11.4. The highest BCUT2D eigenvalue weighted by molar-refractivity contribution is 8.01. The summed E-state index contributed by atoms with van der Waals surface area (Å²) >= 11 is 4.38. The summed E-state index contributed by atoms with van der Waals surface area (Å²) in [5.41, 5.74) is 2.06. The van der Waals surface area contributed by atoms with Crippen LogP contribution in [0, 0.1) is 0 Å². The molecule has 7 heteroatoms. The number of thioether (sulfide) groups is 2. The average Bonchev–Trinajstić information content (AvgIpc) is 3.07. The Kier molecular flexibility index (Phi) is 6.82. The lowest BCUT2D eigenvalue weighted by Crippen LogP contribution is -2.27. The van der Waals surface area contributed by atoms with E-state index in [4.69, 9.17) is 0 Å². The number of aromatic nitrogens is 1. The molecule has 1 unspecified atom stereocenters. The third-order valence-electron chi connectivity index (χ3n) is 4.08. The summed E-state index contributed by atoms with van der Waals surface area (Å²) in [5.74, 6) is -0.337. The van der Waals surface area contributed by atoms with Crippen LogP contribution in [0.15, 0.2) is 68.5 Å². The molecule has 4 nitrogen and oxygen atoms in total. The van der Waals surface area contributed by atoms with E-state index < -0.39 is 0 Å². The molecule has 0 aliphatic carbocycles. The summed E-state index contributed by atoms with van der Waals surface area (Å²) in [6.45, 7) is 2.46. The van der Waals surface area contributed by atoms with Gasteiger partial charge in [0.25, 0.3) is 11.5 Å². The molecule has 0 aliphatic heterocycles. The molecular weight excluding hydrogens is 396 g/mol. The largest absolute Gasteiger partial charge is 0.348 e. The van der Waals surface area contributed by atoms with Crippen molar-refractivity contribution in [3.8, 4) is 0 Å². The lowest BCUT2D eigenvalue weighted by Gasteiger charge is -2.11. The van der Waals surface area contributed by atoms with Crippen molar-refractivity contribution in [1.29, 1.82) is 0 Å². The van der Waals surface area contributed by atoms with Gasteiger partial charge in [-0.05, 0) is 30.4 Å². The van der Waals surface area contributed by atoms with Crippen LogP contribution < -0.4 is 10.9 Å². The van der Waals surface area contributed by atoms with E-state index in [9.17, 15) is 9.59 Å². The average molecular weight is 417 g/mol. The Bertz CT molecular complexity index is 967. The second-order valence-electron chi connectivity index (χ2n) is 5.86. The molecule has 2 N–H and O–H groups in total. The van der Waals surface area contributed by atoms with Crippen molar-refractivity contribution in [3.63, 3.8) is 0 Å². The summed E-state index contributed by atoms with van der Waals surface area (Å²) in [4.78, 5) is 26.0. The second kappa shape index (κ2) is 9.30. The van der Waals surface area contributed by atoms with Crippen LogP contribution in [0.1, 0.15) is 33.7 Å². The maximum absolute atomic E-state index is 12.7. The van der Waals surface area contributed by atoms with Crippen molar-refractivity contribution < 1.29 is 4.79 Å². The quantitative estimate of drug-likeness (QED) is 0.536. The molecule has 0 radical (unpaired) electrons. The highest BCUT2D eigenvalue weighted by Crippen LogP contribution is 2.37. The SMILES string of the molecule is CSc1ccccc1CNC(=O)c1c(SC(C)c2ccccc2)s[nH]c1=O. The van der Waals surface area contributed by atoms with Gasteiger partial charge >= 0.3 is 0 Å². The first-order chi connectivity index (χ1) is 13.1. The standard InChI is InChI=1S/C20H20N2O2S3/c1-13(14-8-4-3-5-9-14)26-20-17(19(24)22-27-20)18(23)21-12-15-10-6-7-11-16(15)25-2/h3-11,13H,12H2,1-2H3,(H,21,23)(H,22,24). The van der Waals surface area contributed by atoms with E-state index in [0.29, 0.717) is 10.8 Å². The number of nitrogens with one attached hydrogen (secondary N) is 2. The van der Waals surface area contributed by atoms with Gasteiger partial charge in [-0.2, -0.15) is 0 Å². The highest BCUT2D eigenvalue weighted by Gasteiger charge is 2.21. The van der Waals surface area contributed by atoms with Gasteiger partial charge in [-0.25, -0.2) is 0 Å². The number of hydrogen-bond donors (Lipinski definition) is 2. The lowest BCUT2D eigenvalue weighted by molar-refractivity contribution is 0.0947. The van der Waals surface area contributed by atoms with Crippen LogP contribution >= 0.6 is 35.1 Å². The Hall–Kier alpha value is -1.96. The summed E-state index contributed by atoms with van der Waals surface area (Å²) in [6.07, 6.45) is 2.00. The van der Waals surface area contributed by atoms with Gasteiger partial charge in [-0.1, -0.05) is 60.1 Å². The molecule has 1 atom stereocenters. The Labute approximate surface area is 170 Å². The van der Waals surface area contributed by atoms with E-state index in [0.717, 1.165) is 16.0 Å². The van der Waals surface area contributed by atoms with Gasteiger partial charge in [0, 0.05) is 16.7 Å². The summed E-state index contributed by atoms with van der Waals surface area (Å²) in [5, 5.41) is 3.03. The van der Waals surface area contributed by atoms with E-state index in [1.165, 1.54) is 23.3 Å². The Balaban J connectivity index is 1.74. The van der Waals surface area contributed by atoms with Crippen molar-refractivity contribution >= 4 is 41.0 Å². The topological polar surface area (TPSA) is 62.0 Å². The van der Waals surface area contributed by atoms with E-state index in [1.807, 2.05) is 60.9 Å². The number of H-pyrrole nitrogens is 1. The Morgan fingerprint density at radius 2 is 1.85 bits per heavy atom. The molecule has 1 amide bonds. The minimum absolute atomic E-state index is 0.140. The minimum Gasteiger partial charge on any atom is -0.348 e. The molecular formula is C20H20N2O2S3. The van der Waals surface area contributed by atoms with E-state index in [2.05, 4.69) is 16.6 Å². The summed E-state index contributed by atoms with van der Waals surface area (Å²) in [6, 6.07) is 18.0. The Morgan fingerprint density at radius 1 is 1.15 bits per heavy atom. The highest BCUT2D eigenvalue weighted by atomic mass is 32.2. The zero-order chi connectivity index (χ0) is 19.2. The van der Waals surface area contributed by atoms with Crippen LogP contribution in [0.3, 0.4) is 0 Å². The monoisotopic (exact) mass is 416 g/mol. The zero-order valence-corrected chi connectivity index (χ0v) is 17.5. The number of carbonyl (C=O) groups excluding carboxylic acids is 1. The van der Waals surface area contributed by atoms with Crippen LogP contribution in [0.2, 0.25) is 0 Å². The van der Waals surface area contributed by atoms with E-state index in [-0.39, 0.29) is 22.3 Å². The first-order valence-electron chi connectivity index (χ1n) is 8.43. The number of rotatable bonds is 7. The second-order valence-corrected chi connectivity index (χ2v) is 9.14. The molecule has 0 spiro atoms. The predicted molar refractivity (Wildman–Crippen MR) is 115 cm³/mol. The van der Waals surface area contributed by atoms with Crippen molar-refractivity contribution in [2.75, 3.05) is 6.26 Å².